The van der Waals surface area contributed by atoms with Crippen molar-refractivity contribution in [1.82, 2.24) is 4.90 Å². The minimum Gasteiger partial charge on any atom is -0.444 e. The lowest BCUT2D eigenvalue weighted by atomic mass is 9.93. The molecule has 1 rings (SSSR count). The van der Waals surface area contributed by atoms with Crippen LogP contribution >= 0.6 is 0 Å². The first kappa shape index (κ1) is 14.0. The standard InChI is InChI=1S/C13H23NO3/c1-10-9-14(7-5-11(10)6-8-15)12(16)17-13(2,3)4/h6,10,15H,5,7-9H2,1-4H3. The molecule has 4 nitrogen and oxygen atoms in total. The van der Waals surface area contributed by atoms with Gasteiger partial charge in [0.2, 0.25) is 0 Å². The van der Waals surface area contributed by atoms with Crippen molar-refractivity contribution >= 4 is 6.09 Å². The first-order chi connectivity index (χ1) is 7.83. The van der Waals surface area contributed by atoms with Crippen LogP contribution in [0.1, 0.15) is 34.1 Å². The van der Waals surface area contributed by atoms with Crippen molar-refractivity contribution in [2.75, 3.05) is 19.7 Å². The van der Waals surface area contributed by atoms with Gasteiger partial charge in [0, 0.05) is 13.1 Å². The highest BCUT2D eigenvalue weighted by atomic mass is 16.6. The molecule has 4 heteroatoms. The third-order valence-corrected chi connectivity index (χ3v) is 2.80. The highest BCUT2D eigenvalue weighted by molar-refractivity contribution is 5.68. The van der Waals surface area contributed by atoms with E-state index in [2.05, 4.69) is 6.92 Å². The molecule has 0 aromatic heterocycles. The first-order valence-electron chi connectivity index (χ1n) is 6.11. The molecular formula is C13H23NO3. The van der Waals surface area contributed by atoms with Crippen molar-refractivity contribution in [1.29, 1.82) is 0 Å². The summed E-state index contributed by atoms with van der Waals surface area (Å²) in [5.74, 6) is 0.295. The van der Waals surface area contributed by atoms with E-state index in [4.69, 9.17) is 9.84 Å². The Hall–Kier alpha value is -1.03. The van der Waals surface area contributed by atoms with Gasteiger partial charge in [-0.25, -0.2) is 4.79 Å². The van der Waals surface area contributed by atoms with Gasteiger partial charge in [-0.2, -0.15) is 0 Å². The van der Waals surface area contributed by atoms with Gasteiger partial charge in [-0.05, 0) is 33.1 Å². The fourth-order valence-corrected chi connectivity index (χ4v) is 1.96. The SMILES string of the molecule is CC1CN(C(=O)OC(C)(C)C)CCC1=CCO. The molecular weight excluding hydrogens is 218 g/mol. The summed E-state index contributed by atoms with van der Waals surface area (Å²) < 4.78 is 5.34. The molecule has 0 spiro atoms. The number of aliphatic hydroxyl groups excluding tert-OH is 1. The Morgan fingerprint density at radius 1 is 1.59 bits per heavy atom. The van der Waals surface area contributed by atoms with E-state index in [1.54, 1.807) is 4.90 Å². The topological polar surface area (TPSA) is 49.8 Å². The van der Waals surface area contributed by atoms with Crippen molar-refractivity contribution in [2.24, 2.45) is 5.92 Å². The lowest BCUT2D eigenvalue weighted by molar-refractivity contribution is 0.0208. The average molecular weight is 241 g/mol. The Morgan fingerprint density at radius 3 is 2.71 bits per heavy atom. The van der Waals surface area contributed by atoms with Crippen molar-refractivity contribution in [2.45, 2.75) is 39.7 Å². The summed E-state index contributed by atoms with van der Waals surface area (Å²) in [5, 5.41) is 8.88. The molecule has 0 aliphatic carbocycles. The van der Waals surface area contributed by atoms with Gasteiger partial charge in [0.05, 0.1) is 6.61 Å². The lowest BCUT2D eigenvalue weighted by Gasteiger charge is -2.34. The highest BCUT2D eigenvalue weighted by Gasteiger charge is 2.27. The van der Waals surface area contributed by atoms with Gasteiger partial charge in [0.15, 0.2) is 0 Å². The number of hydrogen-bond acceptors (Lipinski definition) is 3. The van der Waals surface area contributed by atoms with E-state index >= 15 is 0 Å². The molecule has 1 unspecified atom stereocenters. The number of rotatable bonds is 1. The zero-order valence-corrected chi connectivity index (χ0v) is 11.2. The van der Waals surface area contributed by atoms with Crippen LogP contribution in [0.2, 0.25) is 0 Å². The van der Waals surface area contributed by atoms with Gasteiger partial charge in [-0.1, -0.05) is 18.6 Å². The van der Waals surface area contributed by atoms with E-state index in [0.29, 0.717) is 19.0 Å². The summed E-state index contributed by atoms with van der Waals surface area (Å²) in [6, 6.07) is 0. The number of piperidine rings is 1. The van der Waals surface area contributed by atoms with Gasteiger partial charge in [-0.3, -0.25) is 0 Å². The van der Waals surface area contributed by atoms with Gasteiger partial charge >= 0.3 is 6.09 Å². The minimum atomic E-state index is -0.443. The molecule has 0 aromatic carbocycles. The molecule has 98 valence electrons. The second-order valence-electron chi connectivity index (χ2n) is 5.54. The molecule has 0 saturated carbocycles. The van der Waals surface area contributed by atoms with E-state index in [9.17, 15) is 4.79 Å². The van der Waals surface area contributed by atoms with Crippen LogP contribution in [0.15, 0.2) is 11.6 Å². The number of aliphatic hydroxyl groups is 1. The van der Waals surface area contributed by atoms with Gasteiger partial charge < -0.3 is 14.7 Å². The van der Waals surface area contributed by atoms with Crippen LogP contribution in [0.25, 0.3) is 0 Å². The maximum absolute atomic E-state index is 11.9. The Kier molecular flexibility index (Phi) is 4.57. The summed E-state index contributed by atoms with van der Waals surface area (Å²) in [5.41, 5.74) is 0.786. The van der Waals surface area contributed by atoms with Crippen molar-refractivity contribution in [3.05, 3.63) is 11.6 Å². The van der Waals surface area contributed by atoms with E-state index in [-0.39, 0.29) is 12.7 Å². The molecule has 1 saturated heterocycles. The Bertz CT molecular complexity index is 304. The van der Waals surface area contributed by atoms with Crippen LogP contribution in [-0.4, -0.2) is 41.4 Å². The van der Waals surface area contributed by atoms with Crippen molar-refractivity contribution in [3.63, 3.8) is 0 Å². The number of carbonyl (C=O) groups is 1. The zero-order chi connectivity index (χ0) is 13.1. The van der Waals surface area contributed by atoms with Crippen molar-refractivity contribution < 1.29 is 14.6 Å². The van der Waals surface area contributed by atoms with Crippen LogP contribution in [-0.2, 0) is 4.74 Å². The first-order valence-corrected chi connectivity index (χ1v) is 6.11. The molecule has 1 amide bonds. The normalized spacial score (nSPS) is 23.9. The third-order valence-electron chi connectivity index (χ3n) is 2.80. The van der Waals surface area contributed by atoms with Crippen LogP contribution in [0, 0.1) is 5.92 Å². The predicted molar refractivity (Wildman–Crippen MR) is 66.8 cm³/mol. The predicted octanol–water partition coefficient (Wildman–Crippen LogP) is 2.18. The van der Waals surface area contributed by atoms with Gasteiger partial charge in [0.1, 0.15) is 5.60 Å². The minimum absolute atomic E-state index is 0.0755. The second-order valence-corrected chi connectivity index (χ2v) is 5.54. The second kappa shape index (κ2) is 5.54. The highest BCUT2D eigenvalue weighted by Crippen LogP contribution is 2.23. The molecule has 0 aromatic rings. The maximum atomic E-state index is 11.9. The van der Waals surface area contributed by atoms with E-state index in [1.807, 2.05) is 26.8 Å². The zero-order valence-electron chi connectivity index (χ0n) is 11.2. The summed E-state index contributed by atoms with van der Waals surface area (Å²) in [4.78, 5) is 13.6. The number of nitrogens with zero attached hydrogens (tertiary/aromatic N) is 1. The van der Waals surface area contributed by atoms with Gasteiger partial charge in [-0.15, -0.1) is 0 Å². The lowest BCUT2D eigenvalue weighted by Crippen LogP contribution is -2.43. The number of ether oxygens (including phenoxy) is 1. The Labute approximate surface area is 103 Å². The summed E-state index contributed by atoms with van der Waals surface area (Å²) in [6.45, 7) is 9.09. The van der Waals surface area contributed by atoms with E-state index in [1.165, 1.54) is 5.57 Å². The van der Waals surface area contributed by atoms with E-state index < -0.39 is 5.60 Å². The quantitative estimate of drug-likeness (QED) is 0.716. The molecule has 1 aliphatic rings. The Morgan fingerprint density at radius 2 is 2.24 bits per heavy atom. The summed E-state index contributed by atoms with van der Waals surface area (Å²) in [7, 11) is 0. The van der Waals surface area contributed by atoms with Crippen LogP contribution in [0.3, 0.4) is 0 Å². The molecule has 1 aliphatic heterocycles. The fourth-order valence-electron chi connectivity index (χ4n) is 1.96. The molecule has 1 atom stereocenters. The molecule has 0 radical (unpaired) electrons. The molecule has 1 heterocycles. The fraction of sp³-hybridized carbons (Fsp3) is 0.769. The smallest absolute Gasteiger partial charge is 0.410 e. The molecule has 1 N–H and O–H groups in total. The Balaban J connectivity index is 2.55. The molecule has 0 bridgehead atoms. The third kappa shape index (κ3) is 4.38. The maximum Gasteiger partial charge on any atom is 0.410 e. The van der Waals surface area contributed by atoms with Crippen LogP contribution in [0.4, 0.5) is 4.79 Å². The average Bonchev–Trinajstić information content (AvgIpc) is 2.18. The van der Waals surface area contributed by atoms with Crippen molar-refractivity contribution in [3.8, 4) is 0 Å². The molecule has 17 heavy (non-hydrogen) atoms. The van der Waals surface area contributed by atoms with Crippen LogP contribution < -0.4 is 0 Å². The van der Waals surface area contributed by atoms with Crippen LogP contribution in [0.5, 0.6) is 0 Å². The molecule has 1 fully saturated rings. The van der Waals surface area contributed by atoms with E-state index in [0.717, 1.165) is 6.42 Å². The summed E-state index contributed by atoms with van der Waals surface area (Å²) in [6.07, 6.45) is 2.42. The largest absolute Gasteiger partial charge is 0.444 e. The number of likely N-dealkylation sites (tertiary alicyclic amines) is 1. The number of hydrogen-bond donors (Lipinski definition) is 1. The monoisotopic (exact) mass is 241 g/mol. The number of amides is 1. The summed E-state index contributed by atoms with van der Waals surface area (Å²) >= 11 is 0. The van der Waals surface area contributed by atoms with Gasteiger partial charge in [0.25, 0.3) is 0 Å². The number of carbonyl (C=O) groups excluding carboxylic acids is 1.